The molecule has 0 atom stereocenters. The van der Waals surface area contributed by atoms with Gasteiger partial charge >= 0.3 is 5.97 Å². The third kappa shape index (κ3) is 1.96. The summed E-state index contributed by atoms with van der Waals surface area (Å²) in [6.45, 7) is 3.60. The van der Waals surface area contributed by atoms with Crippen molar-refractivity contribution in [1.82, 2.24) is 0 Å². The second-order valence-electron chi connectivity index (χ2n) is 3.97. The Morgan fingerprint density at radius 1 is 1.44 bits per heavy atom. The van der Waals surface area contributed by atoms with Crippen molar-refractivity contribution in [2.75, 3.05) is 19.0 Å². The largest absolute Gasteiger partial charge is 0.507 e. The van der Waals surface area contributed by atoms with Gasteiger partial charge in [-0.25, -0.2) is 4.79 Å². The van der Waals surface area contributed by atoms with Gasteiger partial charge in [0.15, 0.2) is 0 Å². The number of hydrogen-bond donors (Lipinski definition) is 2. The zero-order valence-electron chi connectivity index (χ0n) is 10.0. The summed E-state index contributed by atoms with van der Waals surface area (Å²) in [5, 5.41) is 19.1. The van der Waals surface area contributed by atoms with Crippen molar-refractivity contribution in [1.29, 1.82) is 0 Å². The van der Waals surface area contributed by atoms with E-state index in [1.54, 1.807) is 25.9 Å². The third-order valence-electron chi connectivity index (χ3n) is 2.59. The van der Waals surface area contributed by atoms with Crippen molar-refractivity contribution in [2.24, 2.45) is 0 Å². The molecular weight excluding hydrogens is 206 g/mol. The van der Waals surface area contributed by atoms with Crippen LogP contribution in [0.25, 0.3) is 0 Å². The van der Waals surface area contributed by atoms with E-state index in [-0.39, 0.29) is 11.3 Å². The highest BCUT2D eigenvalue weighted by Gasteiger charge is 2.20. The van der Waals surface area contributed by atoms with Crippen LogP contribution in [0.2, 0.25) is 0 Å². The van der Waals surface area contributed by atoms with Gasteiger partial charge in [0.25, 0.3) is 0 Å². The second kappa shape index (κ2) is 4.43. The summed E-state index contributed by atoms with van der Waals surface area (Å²) in [7, 11) is 3.55. The van der Waals surface area contributed by atoms with E-state index in [1.165, 1.54) is 6.07 Å². The summed E-state index contributed by atoms with van der Waals surface area (Å²) in [6.07, 6.45) is 0.599. The number of carbonyl (C=O) groups is 1. The maximum atomic E-state index is 11.1. The predicted molar refractivity (Wildman–Crippen MR) is 63.5 cm³/mol. The van der Waals surface area contributed by atoms with Crippen LogP contribution in [0.5, 0.6) is 5.75 Å². The fourth-order valence-corrected chi connectivity index (χ4v) is 1.87. The molecule has 4 nitrogen and oxygen atoms in total. The Labute approximate surface area is 95.1 Å². The Kier molecular flexibility index (Phi) is 3.42. The molecule has 2 N–H and O–H groups in total. The van der Waals surface area contributed by atoms with E-state index in [2.05, 4.69) is 0 Å². The van der Waals surface area contributed by atoms with Crippen LogP contribution < -0.4 is 4.90 Å². The van der Waals surface area contributed by atoms with Crippen LogP contribution in [-0.2, 0) is 6.42 Å². The molecule has 1 aromatic rings. The van der Waals surface area contributed by atoms with Gasteiger partial charge in [-0.05, 0) is 25.0 Å². The van der Waals surface area contributed by atoms with Gasteiger partial charge in [0.1, 0.15) is 5.75 Å². The molecule has 1 aromatic carbocycles. The fraction of sp³-hybridized carbons (Fsp3) is 0.417. The van der Waals surface area contributed by atoms with Crippen LogP contribution >= 0.6 is 0 Å². The van der Waals surface area contributed by atoms with Crippen molar-refractivity contribution >= 4 is 11.7 Å². The number of aromatic hydroxyl groups is 1. The van der Waals surface area contributed by atoms with Gasteiger partial charge in [-0.2, -0.15) is 0 Å². The molecule has 0 aliphatic heterocycles. The second-order valence-corrected chi connectivity index (χ2v) is 3.97. The molecule has 0 saturated heterocycles. The number of phenolic OH excluding ortho intramolecular Hbond substituents is 1. The standard InChI is InChI=1S/C12H17NO3/c1-5-8-10(13(3)4)9(12(15)16)6-7(2)11(8)14/h6,14H,5H2,1-4H3,(H,15,16). The van der Waals surface area contributed by atoms with Crippen molar-refractivity contribution in [3.8, 4) is 5.75 Å². The summed E-state index contributed by atoms with van der Waals surface area (Å²) >= 11 is 0. The molecular formula is C12H17NO3. The topological polar surface area (TPSA) is 60.8 Å². The first-order valence-corrected chi connectivity index (χ1v) is 5.16. The third-order valence-corrected chi connectivity index (χ3v) is 2.59. The van der Waals surface area contributed by atoms with Crippen LogP contribution in [0.15, 0.2) is 6.07 Å². The monoisotopic (exact) mass is 223 g/mol. The SMILES string of the molecule is CCc1c(O)c(C)cc(C(=O)O)c1N(C)C. The fourth-order valence-electron chi connectivity index (χ4n) is 1.87. The van der Waals surface area contributed by atoms with E-state index in [1.807, 2.05) is 6.92 Å². The average molecular weight is 223 g/mol. The van der Waals surface area contributed by atoms with E-state index in [4.69, 9.17) is 5.11 Å². The average Bonchev–Trinajstić information content (AvgIpc) is 2.20. The van der Waals surface area contributed by atoms with Gasteiger partial charge in [0.05, 0.1) is 11.3 Å². The first-order chi connectivity index (χ1) is 7.40. The summed E-state index contributed by atoms with van der Waals surface area (Å²) < 4.78 is 0. The number of aromatic carboxylic acids is 1. The minimum atomic E-state index is -0.971. The predicted octanol–water partition coefficient (Wildman–Crippen LogP) is 2.03. The van der Waals surface area contributed by atoms with Crippen molar-refractivity contribution in [3.05, 3.63) is 22.8 Å². The van der Waals surface area contributed by atoms with Crippen LogP contribution in [0, 0.1) is 6.92 Å². The normalized spacial score (nSPS) is 10.2. The molecule has 88 valence electrons. The number of phenols is 1. The molecule has 0 bridgehead atoms. The highest BCUT2D eigenvalue weighted by Crippen LogP contribution is 2.34. The maximum absolute atomic E-state index is 11.1. The Bertz CT molecular complexity index is 425. The molecule has 16 heavy (non-hydrogen) atoms. The molecule has 0 heterocycles. The van der Waals surface area contributed by atoms with Crippen LogP contribution in [0.3, 0.4) is 0 Å². The van der Waals surface area contributed by atoms with Gasteiger partial charge in [-0.15, -0.1) is 0 Å². The zero-order chi connectivity index (χ0) is 12.5. The number of rotatable bonds is 3. The number of benzene rings is 1. The Morgan fingerprint density at radius 3 is 2.38 bits per heavy atom. The van der Waals surface area contributed by atoms with Gasteiger partial charge in [0.2, 0.25) is 0 Å². The Balaban J connectivity index is 3.62. The highest BCUT2D eigenvalue weighted by atomic mass is 16.4. The number of anilines is 1. The molecule has 0 unspecified atom stereocenters. The number of aryl methyl sites for hydroxylation is 1. The smallest absolute Gasteiger partial charge is 0.337 e. The Morgan fingerprint density at radius 2 is 2.00 bits per heavy atom. The Hall–Kier alpha value is -1.71. The summed E-state index contributed by atoms with van der Waals surface area (Å²) in [5.74, 6) is -0.780. The molecule has 0 amide bonds. The maximum Gasteiger partial charge on any atom is 0.337 e. The molecule has 4 heteroatoms. The summed E-state index contributed by atoms with van der Waals surface area (Å²) in [5.41, 5.74) is 2.09. The quantitative estimate of drug-likeness (QED) is 0.823. The van der Waals surface area contributed by atoms with Gasteiger partial charge in [0, 0.05) is 19.7 Å². The minimum absolute atomic E-state index is 0.191. The molecule has 0 fully saturated rings. The summed E-state index contributed by atoms with van der Waals surface area (Å²) in [6, 6.07) is 1.51. The minimum Gasteiger partial charge on any atom is -0.507 e. The molecule has 0 aliphatic rings. The molecule has 0 saturated carbocycles. The highest BCUT2D eigenvalue weighted by molar-refractivity contribution is 5.96. The molecule has 0 spiro atoms. The van der Waals surface area contributed by atoms with E-state index < -0.39 is 5.97 Å². The van der Waals surface area contributed by atoms with E-state index in [0.717, 1.165) is 0 Å². The number of carboxylic acids is 1. The van der Waals surface area contributed by atoms with E-state index in [9.17, 15) is 9.90 Å². The lowest BCUT2D eigenvalue weighted by molar-refractivity contribution is 0.0697. The molecule has 0 aliphatic carbocycles. The van der Waals surface area contributed by atoms with Crippen molar-refractivity contribution in [2.45, 2.75) is 20.3 Å². The van der Waals surface area contributed by atoms with Gasteiger partial charge in [-0.1, -0.05) is 6.92 Å². The van der Waals surface area contributed by atoms with Gasteiger partial charge in [-0.3, -0.25) is 0 Å². The van der Waals surface area contributed by atoms with Crippen LogP contribution in [0.1, 0.15) is 28.4 Å². The first-order valence-electron chi connectivity index (χ1n) is 5.16. The lowest BCUT2D eigenvalue weighted by atomic mass is 9.99. The van der Waals surface area contributed by atoms with E-state index in [0.29, 0.717) is 23.2 Å². The lowest BCUT2D eigenvalue weighted by Gasteiger charge is -2.21. The molecule has 0 radical (unpaired) electrons. The van der Waals surface area contributed by atoms with Crippen molar-refractivity contribution < 1.29 is 15.0 Å². The zero-order valence-corrected chi connectivity index (χ0v) is 10.0. The van der Waals surface area contributed by atoms with E-state index >= 15 is 0 Å². The van der Waals surface area contributed by atoms with Crippen LogP contribution in [0.4, 0.5) is 5.69 Å². The van der Waals surface area contributed by atoms with Gasteiger partial charge < -0.3 is 15.1 Å². The summed E-state index contributed by atoms with van der Waals surface area (Å²) in [4.78, 5) is 12.9. The number of hydrogen-bond acceptors (Lipinski definition) is 3. The molecule has 1 rings (SSSR count). The first kappa shape index (κ1) is 12.4. The number of nitrogens with zero attached hydrogens (tertiary/aromatic N) is 1. The molecule has 0 aromatic heterocycles. The lowest BCUT2D eigenvalue weighted by Crippen LogP contribution is -2.16. The van der Waals surface area contributed by atoms with Crippen LogP contribution in [-0.4, -0.2) is 30.3 Å². The number of carboxylic acid groups (broad SMARTS) is 1. The van der Waals surface area contributed by atoms with Crippen molar-refractivity contribution in [3.63, 3.8) is 0 Å².